The number of aryl methyl sites for hydroxylation is 3. The molecule has 25 heavy (non-hydrogen) atoms. The second-order valence-corrected chi connectivity index (χ2v) is 6.46. The summed E-state index contributed by atoms with van der Waals surface area (Å²) in [6, 6.07) is 5.10. The fourth-order valence-corrected chi connectivity index (χ4v) is 3.09. The van der Waals surface area contributed by atoms with Crippen molar-refractivity contribution in [3.63, 3.8) is 0 Å². The van der Waals surface area contributed by atoms with Crippen LogP contribution in [0, 0.1) is 13.8 Å². The third-order valence-corrected chi connectivity index (χ3v) is 4.51. The van der Waals surface area contributed by atoms with Crippen LogP contribution < -0.4 is 5.56 Å². The molecule has 0 bridgehead atoms. The number of rotatable bonds is 4. The Morgan fingerprint density at radius 1 is 1.04 bits per heavy atom. The summed E-state index contributed by atoms with van der Waals surface area (Å²) in [5.41, 5.74) is 2.23. The summed E-state index contributed by atoms with van der Waals surface area (Å²) < 4.78 is 3.14. The maximum Gasteiger partial charge on any atom is 0.272 e. The van der Waals surface area contributed by atoms with Crippen LogP contribution in [0.3, 0.4) is 0 Å². The van der Waals surface area contributed by atoms with Crippen LogP contribution in [0.1, 0.15) is 21.9 Å². The van der Waals surface area contributed by atoms with Crippen molar-refractivity contribution in [1.82, 2.24) is 29.4 Å². The van der Waals surface area contributed by atoms with Crippen molar-refractivity contribution in [2.75, 3.05) is 32.7 Å². The molecule has 1 aliphatic rings. The topological polar surface area (TPSA) is 76.3 Å². The molecule has 134 valence electrons. The van der Waals surface area contributed by atoms with Gasteiger partial charge >= 0.3 is 0 Å². The predicted octanol–water partition coefficient (Wildman–Crippen LogP) is 0.0516. The van der Waals surface area contributed by atoms with Gasteiger partial charge < -0.3 is 4.90 Å². The molecule has 2 aromatic heterocycles. The maximum atomic E-state index is 12.6. The fourth-order valence-electron chi connectivity index (χ4n) is 3.09. The Hall–Kier alpha value is -2.48. The van der Waals surface area contributed by atoms with Gasteiger partial charge in [0.15, 0.2) is 0 Å². The predicted molar refractivity (Wildman–Crippen MR) is 93.5 cm³/mol. The van der Waals surface area contributed by atoms with Crippen molar-refractivity contribution in [1.29, 1.82) is 0 Å². The average molecular weight is 344 g/mol. The molecule has 0 saturated carbocycles. The Morgan fingerprint density at radius 3 is 2.40 bits per heavy atom. The van der Waals surface area contributed by atoms with E-state index in [1.54, 1.807) is 23.9 Å². The highest BCUT2D eigenvalue weighted by Crippen LogP contribution is 2.10. The van der Waals surface area contributed by atoms with Crippen molar-refractivity contribution in [2.45, 2.75) is 20.4 Å². The Labute approximate surface area is 146 Å². The molecule has 0 aliphatic carbocycles. The Bertz CT molecular complexity index is 817. The largest absolute Gasteiger partial charge is 0.335 e. The van der Waals surface area contributed by atoms with Crippen LogP contribution in [0.25, 0.3) is 0 Å². The first-order chi connectivity index (χ1) is 11.9. The van der Waals surface area contributed by atoms with Crippen molar-refractivity contribution in [3.8, 4) is 0 Å². The molecule has 0 unspecified atom stereocenters. The first-order valence-electron chi connectivity index (χ1n) is 8.51. The summed E-state index contributed by atoms with van der Waals surface area (Å²) in [7, 11) is 1.79. The second kappa shape index (κ2) is 7.18. The highest BCUT2D eigenvalue weighted by atomic mass is 16.2. The van der Waals surface area contributed by atoms with Gasteiger partial charge in [0, 0.05) is 45.8 Å². The number of aromatic nitrogens is 4. The Kier molecular flexibility index (Phi) is 4.98. The maximum absolute atomic E-state index is 12.6. The molecule has 1 fully saturated rings. The Balaban J connectivity index is 1.53. The molecule has 0 spiro atoms. The molecule has 0 aromatic carbocycles. The van der Waals surface area contributed by atoms with Gasteiger partial charge in [-0.05, 0) is 26.0 Å². The van der Waals surface area contributed by atoms with Crippen molar-refractivity contribution < 1.29 is 4.79 Å². The minimum absolute atomic E-state index is 0.0271. The molecule has 1 saturated heterocycles. The van der Waals surface area contributed by atoms with Crippen LogP contribution >= 0.6 is 0 Å². The monoisotopic (exact) mass is 344 g/mol. The van der Waals surface area contributed by atoms with Gasteiger partial charge in [-0.25, -0.2) is 4.68 Å². The Morgan fingerprint density at radius 2 is 1.76 bits per heavy atom. The van der Waals surface area contributed by atoms with Gasteiger partial charge in [-0.15, -0.1) is 0 Å². The number of hydrogen-bond donors (Lipinski definition) is 0. The molecular weight excluding hydrogens is 320 g/mol. The average Bonchev–Trinajstić information content (AvgIpc) is 2.94. The first kappa shape index (κ1) is 17.3. The van der Waals surface area contributed by atoms with Gasteiger partial charge in [0.2, 0.25) is 0 Å². The van der Waals surface area contributed by atoms with Crippen LogP contribution in [-0.4, -0.2) is 68.0 Å². The summed E-state index contributed by atoms with van der Waals surface area (Å²) in [4.78, 5) is 28.5. The fraction of sp³-hybridized carbons (Fsp3) is 0.529. The molecule has 3 rings (SSSR count). The van der Waals surface area contributed by atoms with Gasteiger partial charge in [-0.2, -0.15) is 10.2 Å². The lowest BCUT2D eigenvalue weighted by Gasteiger charge is -2.34. The van der Waals surface area contributed by atoms with Gasteiger partial charge in [0.05, 0.1) is 17.9 Å². The summed E-state index contributed by atoms with van der Waals surface area (Å²) in [6.07, 6.45) is 0. The molecule has 8 nitrogen and oxygen atoms in total. The van der Waals surface area contributed by atoms with E-state index in [9.17, 15) is 9.59 Å². The number of amides is 1. The molecule has 3 heterocycles. The standard InChI is InChI=1S/C17H24N6O2/c1-13-4-5-16(24)23(19-13)11-8-21-6-9-22(10-7-21)17(25)15-12-14(2)18-20(15)3/h4-5,12H,6-11H2,1-3H3. The third-order valence-electron chi connectivity index (χ3n) is 4.51. The number of piperazine rings is 1. The van der Waals surface area contributed by atoms with Gasteiger partial charge in [0.1, 0.15) is 5.69 Å². The number of carbonyl (C=O) groups excluding carboxylic acids is 1. The number of carbonyl (C=O) groups is 1. The first-order valence-corrected chi connectivity index (χ1v) is 8.51. The van der Waals surface area contributed by atoms with E-state index in [2.05, 4.69) is 15.1 Å². The summed E-state index contributed by atoms with van der Waals surface area (Å²) in [6.45, 7) is 8.03. The van der Waals surface area contributed by atoms with E-state index < -0.39 is 0 Å². The molecular formula is C17H24N6O2. The lowest BCUT2D eigenvalue weighted by atomic mass is 10.2. The zero-order valence-electron chi connectivity index (χ0n) is 15.0. The number of nitrogens with zero attached hydrogens (tertiary/aromatic N) is 6. The molecule has 0 atom stereocenters. The zero-order valence-corrected chi connectivity index (χ0v) is 15.0. The van der Waals surface area contributed by atoms with E-state index in [4.69, 9.17) is 0 Å². The van der Waals surface area contributed by atoms with Crippen LogP contribution in [0.15, 0.2) is 23.0 Å². The van der Waals surface area contributed by atoms with Gasteiger partial charge in [0.25, 0.3) is 11.5 Å². The van der Waals surface area contributed by atoms with Crippen LogP contribution in [0.4, 0.5) is 0 Å². The van der Waals surface area contributed by atoms with E-state index in [0.717, 1.165) is 31.0 Å². The van der Waals surface area contributed by atoms with E-state index in [1.165, 1.54) is 4.68 Å². The highest BCUT2D eigenvalue weighted by molar-refractivity contribution is 5.92. The van der Waals surface area contributed by atoms with Crippen molar-refractivity contribution >= 4 is 5.91 Å². The van der Waals surface area contributed by atoms with Crippen molar-refractivity contribution in [3.05, 3.63) is 45.6 Å². The van der Waals surface area contributed by atoms with E-state index in [0.29, 0.717) is 25.3 Å². The molecule has 0 N–H and O–H groups in total. The summed E-state index contributed by atoms with van der Waals surface area (Å²) in [5, 5.41) is 8.49. The van der Waals surface area contributed by atoms with E-state index in [-0.39, 0.29) is 11.5 Å². The second-order valence-electron chi connectivity index (χ2n) is 6.46. The molecule has 8 heteroatoms. The van der Waals surface area contributed by atoms with Crippen LogP contribution in [0.2, 0.25) is 0 Å². The van der Waals surface area contributed by atoms with E-state index in [1.807, 2.05) is 24.8 Å². The molecule has 1 aliphatic heterocycles. The van der Waals surface area contributed by atoms with E-state index >= 15 is 0 Å². The van der Waals surface area contributed by atoms with Crippen LogP contribution in [-0.2, 0) is 13.6 Å². The van der Waals surface area contributed by atoms with Gasteiger partial charge in [-0.3, -0.25) is 19.2 Å². The lowest BCUT2D eigenvalue weighted by Crippen LogP contribution is -2.50. The van der Waals surface area contributed by atoms with Crippen LogP contribution in [0.5, 0.6) is 0 Å². The van der Waals surface area contributed by atoms with Gasteiger partial charge in [-0.1, -0.05) is 0 Å². The molecule has 2 aromatic rings. The highest BCUT2D eigenvalue weighted by Gasteiger charge is 2.24. The normalized spacial score (nSPS) is 15.6. The minimum atomic E-state index is -0.0778. The summed E-state index contributed by atoms with van der Waals surface area (Å²) in [5.74, 6) is 0.0271. The third kappa shape index (κ3) is 3.96. The lowest BCUT2D eigenvalue weighted by molar-refractivity contribution is 0.0620. The minimum Gasteiger partial charge on any atom is -0.335 e. The quantitative estimate of drug-likeness (QED) is 0.783. The smallest absolute Gasteiger partial charge is 0.272 e. The summed E-state index contributed by atoms with van der Waals surface area (Å²) >= 11 is 0. The zero-order chi connectivity index (χ0) is 18.0. The molecule has 1 amide bonds. The number of hydrogen-bond acceptors (Lipinski definition) is 5. The molecule has 0 radical (unpaired) electrons. The van der Waals surface area contributed by atoms with Crippen molar-refractivity contribution in [2.24, 2.45) is 7.05 Å². The SMILES string of the molecule is Cc1cc(C(=O)N2CCN(CCn3nc(C)ccc3=O)CC2)n(C)n1.